The Morgan fingerprint density at radius 1 is 1.64 bits per heavy atom. The zero-order valence-corrected chi connectivity index (χ0v) is 7.13. The molecule has 0 aliphatic carbocycles. The molecule has 2 nitrogen and oxygen atoms in total. The molecule has 1 unspecified atom stereocenters. The Labute approximate surface area is 67.6 Å². The van der Waals surface area contributed by atoms with E-state index in [4.69, 9.17) is 4.42 Å². The zero-order valence-electron chi connectivity index (χ0n) is 7.13. The van der Waals surface area contributed by atoms with E-state index in [1.807, 2.05) is 19.4 Å². The van der Waals surface area contributed by atoms with Gasteiger partial charge >= 0.3 is 0 Å². The van der Waals surface area contributed by atoms with Gasteiger partial charge in [-0.25, -0.2) is 0 Å². The van der Waals surface area contributed by atoms with Gasteiger partial charge in [-0.1, -0.05) is 6.92 Å². The van der Waals surface area contributed by atoms with Gasteiger partial charge in [-0.2, -0.15) is 0 Å². The van der Waals surface area contributed by atoms with Crippen LogP contribution in [0.5, 0.6) is 0 Å². The third-order valence-electron chi connectivity index (χ3n) is 1.94. The minimum absolute atomic E-state index is 0.598. The van der Waals surface area contributed by atoms with E-state index in [1.165, 1.54) is 5.56 Å². The lowest BCUT2D eigenvalue weighted by atomic mass is 10.0. The summed E-state index contributed by atoms with van der Waals surface area (Å²) in [7, 11) is 1.97. The Morgan fingerprint density at radius 2 is 2.45 bits per heavy atom. The summed E-state index contributed by atoms with van der Waals surface area (Å²) in [6.45, 7) is 3.27. The highest BCUT2D eigenvalue weighted by Gasteiger charge is 2.04. The Kier molecular flexibility index (Phi) is 3.17. The van der Waals surface area contributed by atoms with Crippen LogP contribution in [0.2, 0.25) is 0 Å². The molecule has 0 bridgehead atoms. The van der Waals surface area contributed by atoms with Gasteiger partial charge in [-0.15, -0.1) is 0 Å². The van der Waals surface area contributed by atoms with Gasteiger partial charge in [0.1, 0.15) is 0 Å². The van der Waals surface area contributed by atoms with E-state index < -0.39 is 0 Å². The third-order valence-corrected chi connectivity index (χ3v) is 1.94. The van der Waals surface area contributed by atoms with E-state index in [9.17, 15) is 0 Å². The van der Waals surface area contributed by atoms with Crippen molar-refractivity contribution in [3.63, 3.8) is 0 Å². The lowest BCUT2D eigenvalue weighted by Crippen LogP contribution is -2.10. The molecule has 1 heterocycles. The van der Waals surface area contributed by atoms with Gasteiger partial charge in [0, 0.05) is 0 Å². The Hall–Kier alpha value is -0.760. The van der Waals surface area contributed by atoms with Crippen LogP contribution in [0.25, 0.3) is 0 Å². The van der Waals surface area contributed by atoms with Crippen molar-refractivity contribution in [1.29, 1.82) is 0 Å². The van der Waals surface area contributed by atoms with Crippen LogP contribution in [0.3, 0.4) is 0 Å². The molecule has 0 aliphatic heterocycles. The highest BCUT2D eigenvalue weighted by molar-refractivity contribution is 5.10. The van der Waals surface area contributed by atoms with Crippen molar-refractivity contribution in [2.75, 3.05) is 13.6 Å². The molecule has 0 saturated carbocycles. The van der Waals surface area contributed by atoms with Crippen LogP contribution < -0.4 is 5.32 Å². The molecule has 0 amide bonds. The highest BCUT2D eigenvalue weighted by Crippen LogP contribution is 2.17. The van der Waals surface area contributed by atoms with Gasteiger partial charge < -0.3 is 9.73 Å². The van der Waals surface area contributed by atoms with Crippen LogP contribution in [0.15, 0.2) is 23.0 Å². The van der Waals surface area contributed by atoms with E-state index in [0.717, 1.165) is 13.0 Å². The van der Waals surface area contributed by atoms with Crippen LogP contribution in [-0.4, -0.2) is 13.6 Å². The zero-order chi connectivity index (χ0) is 8.10. The van der Waals surface area contributed by atoms with Gasteiger partial charge in [0.25, 0.3) is 0 Å². The molecular weight excluding hydrogens is 138 g/mol. The smallest absolute Gasteiger partial charge is 0.0937 e. The lowest BCUT2D eigenvalue weighted by molar-refractivity contribution is 0.555. The second-order valence-electron chi connectivity index (χ2n) is 2.85. The summed E-state index contributed by atoms with van der Waals surface area (Å²) in [4.78, 5) is 0. The number of rotatable bonds is 4. The third kappa shape index (κ3) is 2.39. The average Bonchev–Trinajstić information content (AvgIpc) is 2.52. The van der Waals surface area contributed by atoms with Crippen LogP contribution >= 0.6 is 0 Å². The van der Waals surface area contributed by atoms with Crippen molar-refractivity contribution in [2.24, 2.45) is 0 Å². The first-order chi connectivity index (χ1) is 5.34. The molecule has 1 rings (SSSR count). The van der Waals surface area contributed by atoms with Crippen LogP contribution in [-0.2, 0) is 0 Å². The fourth-order valence-electron chi connectivity index (χ4n) is 1.08. The minimum Gasteiger partial charge on any atom is -0.472 e. The standard InChI is InChI=1S/C9H15NO/c1-8(3-5-10-2)9-4-6-11-7-9/h4,6-8,10H,3,5H2,1-2H3. The first kappa shape index (κ1) is 8.34. The number of furan rings is 1. The van der Waals surface area contributed by atoms with Crippen LogP contribution in [0.1, 0.15) is 24.8 Å². The monoisotopic (exact) mass is 153 g/mol. The molecule has 1 atom stereocenters. The summed E-state index contributed by atoms with van der Waals surface area (Å²) in [6, 6.07) is 2.03. The Bertz CT molecular complexity index is 181. The van der Waals surface area contributed by atoms with E-state index in [1.54, 1.807) is 6.26 Å². The van der Waals surface area contributed by atoms with Gasteiger partial charge in [-0.05, 0) is 37.6 Å². The quantitative estimate of drug-likeness (QED) is 0.715. The summed E-state index contributed by atoms with van der Waals surface area (Å²) in [5, 5.41) is 3.13. The molecule has 0 saturated heterocycles. The summed E-state index contributed by atoms with van der Waals surface area (Å²) >= 11 is 0. The van der Waals surface area contributed by atoms with E-state index in [2.05, 4.69) is 12.2 Å². The molecule has 11 heavy (non-hydrogen) atoms. The molecule has 1 aromatic heterocycles. The predicted octanol–water partition coefficient (Wildman–Crippen LogP) is 1.99. The maximum Gasteiger partial charge on any atom is 0.0937 e. The van der Waals surface area contributed by atoms with E-state index in [-0.39, 0.29) is 0 Å². The highest BCUT2D eigenvalue weighted by atomic mass is 16.3. The van der Waals surface area contributed by atoms with Gasteiger partial charge in [0.05, 0.1) is 12.5 Å². The van der Waals surface area contributed by atoms with E-state index >= 15 is 0 Å². The van der Waals surface area contributed by atoms with Crippen molar-refractivity contribution >= 4 is 0 Å². The average molecular weight is 153 g/mol. The van der Waals surface area contributed by atoms with E-state index in [0.29, 0.717) is 5.92 Å². The summed E-state index contributed by atoms with van der Waals surface area (Å²) < 4.78 is 5.00. The maximum atomic E-state index is 5.00. The molecule has 0 spiro atoms. The molecule has 2 heteroatoms. The molecule has 62 valence electrons. The van der Waals surface area contributed by atoms with Crippen LogP contribution in [0, 0.1) is 0 Å². The molecular formula is C9H15NO. The van der Waals surface area contributed by atoms with Gasteiger partial charge in [0.2, 0.25) is 0 Å². The molecule has 1 aromatic rings. The minimum atomic E-state index is 0.598. The molecule has 0 aliphatic rings. The normalized spacial score (nSPS) is 13.3. The second kappa shape index (κ2) is 4.19. The molecule has 0 fully saturated rings. The largest absolute Gasteiger partial charge is 0.472 e. The molecule has 0 radical (unpaired) electrons. The SMILES string of the molecule is CNCCC(C)c1ccoc1. The topological polar surface area (TPSA) is 25.2 Å². The summed E-state index contributed by atoms with van der Waals surface area (Å²) in [5.74, 6) is 0.598. The fraction of sp³-hybridized carbons (Fsp3) is 0.556. The van der Waals surface area contributed by atoms with Crippen molar-refractivity contribution in [1.82, 2.24) is 5.32 Å². The lowest BCUT2D eigenvalue weighted by Gasteiger charge is -2.06. The number of hydrogen-bond donors (Lipinski definition) is 1. The van der Waals surface area contributed by atoms with Crippen LogP contribution in [0.4, 0.5) is 0 Å². The van der Waals surface area contributed by atoms with Crippen molar-refractivity contribution < 1.29 is 4.42 Å². The van der Waals surface area contributed by atoms with Gasteiger partial charge in [-0.3, -0.25) is 0 Å². The molecule has 0 aromatic carbocycles. The summed E-state index contributed by atoms with van der Waals surface area (Å²) in [6.07, 6.45) is 4.71. The number of nitrogens with one attached hydrogen (secondary N) is 1. The Balaban J connectivity index is 2.36. The summed E-state index contributed by atoms with van der Waals surface area (Å²) in [5.41, 5.74) is 1.29. The fourth-order valence-corrected chi connectivity index (χ4v) is 1.08. The first-order valence-electron chi connectivity index (χ1n) is 4.01. The second-order valence-corrected chi connectivity index (χ2v) is 2.85. The first-order valence-corrected chi connectivity index (χ1v) is 4.01. The van der Waals surface area contributed by atoms with Gasteiger partial charge in [0.15, 0.2) is 0 Å². The predicted molar refractivity (Wildman–Crippen MR) is 45.7 cm³/mol. The van der Waals surface area contributed by atoms with Crippen molar-refractivity contribution in [3.05, 3.63) is 24.2 Å². The Morgan fingerprint density at radius 3 is 3.00 bits per heavy atom. The number of hydrogen-bond acceptors (Lipinski definition) is 2. The van der Waals surface area contributed by atoms with Crippen molar-refractivity contribution in [2.45, 2.75) is 19.3 Å². The molecule has 1 N–H and O–H groups in total. The maximum absolute atomic E-state index is 5.00. The van der Waals surface area contributed by atoms with Crippen molar-refractivity contribution in [3.8, 4) is 0 Å².